The molecule has 0 radical (unpaired) electrons. The summed E-state index contributed by atoms with van der Waals surface area (Å²) in [7, 11) is 0. The molecule has 0 aliphatic carbocycles. The zero-order chi connectivity index (χ0) is 9.40. The maximum absolute atomic E-state index is 8.61. The van der Waals surface area contributed by atoms with E-state index in [2.05, 4.69) is 13.2 Å². The van der Waals surface area contributed by atoms with E-state index in [-0.39, 0.29) is 0 Å². The van der Waals surface area contributed by atoms with Crippen molar-refractivity contribution in [1.82, 2.24) is 4.90 Å². The van der Waals surface area contributed by atoms with Crippen LogP contribution < -0.4 is 0 Å². The molecule has 2 N–H and O–H groups in total. The molecule has 0 aromatic carbocycles. The first kappa shape index (κ1) is 11.4. The van der Waals surface area contributed by atoms with Crippen LogP contribution in [0.4, 0.5) is 0 Å². The summed E-state index contributed by atoms with van der Waals surface area (Å²) in [5, 5.41) is 17.2. The van der Waals surface area contributed by atoms with Crippen molar-refractivity contribution < 1.29 is 10.2 Å². The molecule has 0 bridgehead atoms. The highest BCUT2D eigenvalue weighted by Crippen LogP contribution is 1.94. The first-order valence-corrected chi connectivity index (χ1v) is 4.01. The van der Waals surface area contributed by atoms with Crippen molar-refractivity contribution in [3.05, 3.63) is 25.3 Å². The van der Waals surface area contributed by atoms with Crippen LogP contribution in [0.15, 0.2) is 25.3 Å². The molecule has 0 unspecified atom stereocenters. The van der Waals surface area contributed by atoms with Gasteiger partial charge in [-0.3, -0.25) is 4.90 Å². The first-order valence-electron chi connectivity index (χ1n) is 4.01. The van der Waals surface area contributed by atoms with E-state index in [1.165, 1.54) is 0 Å². The van der Waals surface area contributed by atoms with Gasteiger partial charge < -0.3 is 10.2 Å². The Balaban J connectivity index is 3.61. The highest BCUT2D eigenvalue weighted by molar-refractivity contribution is 4.79. The molecule has 0 aliphatic heterocycles. The summed E-state index contributed by atoms with van der Waals surface area (Å²) in [6.45, 7) is 9.36. The van der Waals surface area contributed by atoms with Gasteiger partial charge in [0.15, 0.2) is 6.29 Å². The molecule has 70 valence electrons. The third-order valence-corrected chi connectivity index (χ3v) is 1.48. The summed E-state index contributed by atoms with van der Waals surface area (Å²) >= 11 is 0. The van der Waals surface area contributed by atoms with Crippen molar-refractivity contribution in [3.8, 4) is 0 Å². The fourth-order valence-electron chi connectivity index (χ4n) is 0.920. The number of aliphatic hydroxyl groups is 2. The second kappa shape index (κ2) is 7.03. The molecule has 0 aromatic rings. The average Bonchev–Trinajstić information content (AvgIpc) is 2.01. The summed E-state index contributed by atoms with van der Waals surface area (Å²) in [6.07, 6.45) is 2.71. The topological polar surface area (TPSA) is 43.7 Å². The van der Waals surface area contributed by atoms with Crippen LogP contribution >= 0.6 is 0 Å². The minimum Gasteiger partial charge on any atom is -0.368 e. The lowest BCUT2D eigenvalue weighted by molar-refractivity contribution is -0.0494. The summed E-state index contributed by atoms with van der Waals surface area (Å²) in [5.41, 5.74) is 0. The molecular weight excluding hydrogens is 154 g/mol. The van der Waals surface area contributed by atoms with E-state index in [9.17, 15) is 0 Å². The number of nitrogens with zero attached hydrogens (tertiary/aromatic N) is 1. The summed E-state index contributed by atoms with van der Waals surface area (Å²) < 4.78 is 0. The molecule has 0 amide bonds. The Kier molecular flexibility index (Phi) is 6.66. The lowest BCUT2D eigenvalue weighted by Crippen LogP contribution is -2.27. The number of aliphatic hydroxyl groups excluding tert-OH is 1. The Morgan fingerprint density at radius 2 is 1.67 bits per heavy atom. The predicted octanol–water partition coefficient (Wildman–Crippen LogP) is 0.361. The lowest BCUT2D eigenvalue weighted by atomic mass is 10.3. The molecule has 3 nitrogen and oxygen atoms in total. The lowest BCUT2D eigenvalue weighted by Gasteiger charge is -2.18. The van der Waals surface area contributed by atoms with Gasteiger partial charge in [-0.2, -0.15) is 0 Å². The van der Waals surface area contributed by atoms with E-state index >= 15 is 0 Å². The van der Waals surface area contributed by atoms with Gasteiger partial charge in [0.25, 0.3) is 0 Å². The van der Waals surface area contributed by atoms with E-state index in [0.717, 1.165) is 13.1 Å². The standard InChI is InChI=1S/C9H17NO2/c1-3-6-10(7-4-2)8-5-9(11)12/h3-4,9,11-12H,1-2,5-8H2. The van der Waals surface area contributed by atoms with Gasteiger partial charge in [0.2, 0.25) is 0 Å². The maximum Gasteiger partial charge on any atom is 0.152 e. The molecule has 0 fully saturated rings. The third kappa shape index (κ3) is 6.09. The monoisotopic (exact) mass is 171 g/mol. The van der Waals surface area contributed by atoms with Crippen LogP contribution in [0.1, 0.15) is 6.42 Å². The number of rotatable bonds is 7. The van der Waals surface area contributed by atoms with Crippen molar-refractivity contribution in [2.75, 3.05) is 19.6 Å². The van der Waals surface area contributed by atoms with Gasteiger partial charge in [0.1, 0.15) is 0 Å². The second-order valence-electron chi connectivity index (χ2n) is 2.61. The highest BCUT2D eigenvalue weighted by Gasteiger charge is 2.03. The van der Waals surface area contributed by atoms with Crippen LogP contribution in [-0.2, 0) is 0 Å². The van der Waals surface area contributed by atoms with Gasteiger partial charge in [-0.25, -0.2) is 0 Å². The van der Waals surface area contributed by atoms with Crippen molar-refractivity contribution in [3.63, 3.8) is 0 Å². The van der Waals surface area contributed by atoms with Crippen LogP contribution in [0.2, 0.25) is 0 Å². The minimum absolute atomic E-state index is 0.363. The summed E-state index contributed by atoms with van der Waals surface area (Å²) in [6, 6.07) is 0. The Bertz CT molecular complexity index is 124. The SMILES string of the molecule is C=CCN(CC=C)CCC(O)O. The van der Waals surface area contributed by atoms with Crippen molar-refractivity contribution in [2.45, 2.75) is 12.7 Å². The van der Waals surface area contributed by atoms with Crippen LogP contribution in [0, 0.1) is 0 Å². The Morgan fingerprint density at radius 1 is 1.17 bits per heavy atom. The normalized spacial score (nSPS) is 10.7. The van der Waals surface area contributed by atoms with Crippen LogP contribution in [0.5, 0.6) is 0 Å². The molecule has 0 saturated carbocycles. The quantitative estimate of drug-likeness (QED) is 0.429. The Labute approximate surface area is 73.6 Å². The van der Waals surface area contributed by atoms with Crippen LogP contribution in [-0.4, -0.2) is 41.0 Å². The fraction of sp³-hybridized carbons (Fsp3) is 0.556. The highest BCUT2D eigenvalue weighted by atomic mass is 16.5. The van der Waals surface area contributed by atoms with Crippen molar-refractivity contribution in [1.29, 1.82) is 0 Å². The molecule has 0 spiro atoms. The fourth-order valence-corrected chi connectivity index (χ4v) is 0.920. The molecule has 0 heterocycles. The molecule has 0 aliphatic rings. The van der Waals surface area contributed by atoms with Crippen molar-refractivity contribution in [2.24, 2.45) is 0 Å². The van der Waals surface area contributed by atoms with E-state index < -0.39 is 6.29 Å². The van der Waals surface area contributed by atoms with Gasteiger partial charge in [0, 0.05) is 26.1 Å². The molecule has 0 rings (SSSR count). The largest absolute Gasteiger partial charge is 0.368 e. The van der Waals surface area contributed by atoms with Gasteiger partial charge in [-0.15, -0.1) is 13.2 Å². The van der Waals surface area contributed by atoms with E-state index in [1.807, 2.05) is 4.90 Å². The van der Waals surface area contributed by atoms with E-state index in [1.54, 1.807) is 12.2 Å². The number of hydrogen-bond donors (Lipinski definition) is 2. The average molecular weight is 171 g/mol. The maximum atomic E-state index is 8.61. The smallest absolute Gasteiger partial charge is 0.152 e. The van der Waals surface area contributed by atoms with Gasteiger partial charge >= 0.3 is 0 Å². The van der Waals surface area contributed by atoms with Crippen molar-refractivity contribution >= 4 is 0 Å². The molecule has 0 saturated heterocycles. The predicted molar refractivity (Wildman–Crippen MR) is 49.7 cm³/mol. The first-order chi connectivity index (χ1) is 5.70. The summed E-state index contributed by atoms with van der Waals surface area (Å²) in [5.74, 6) is 0. The number of hydrogen-bond acceptors (Lipinski definition) is 3. The van der Waals surface area contributed by atoms with E-state index in [4.69, 9.17) is 10.2 Å². The minimum atomic E-state index is -1.22. The zero-order valence-corrected chi connectivity index (χ0v) is 7.32. The van der Waals surface area contributed by atoms with Crippen LogP contribution in [0.25, 0.3) is 0 Å². The Morgan fingerprint density at radius 3 is 2.00 bits per heavy atom. The Hall–Kier alpha value is -0.640. The van der Waals surface area contributed by atoms with Gasteiger partial charge in [-0.05, 0) is 0 Å². The molecule has 3 heteroatoms. The molecule has 12 heavy (non-hydrogen) atoms. The molecular formula is C9H17NO2. The zero-order valence-electron chi connectivity index (χ0n) is 7.32. The third-order valence-electron chi connectivity index (χ3n) is 1.48. The molecule has 0 aromatic heterocycles. The van der Waals surface area contributed by atoms with Crippen LogP contribution in [0.3, 0.4) is 0 Å². The second-order valence-corrected chi connectivity index (χ2v) is 2.61. The van der Waals surface area contributed by atoms with Gasteiger partial charge in [-0.1, -0.05) is 12.2 Å². The summed E-state index contributed by atoms with van der Waals surface area (Å²) in [4.78, 5) is 2.03. The van der Waals surface area contributed by atoms with E-state index in [0.29, 0.717) is 13.0 Å². The van der Waals surface area contributed by atoms with Gasteiger partial charge in [0.05, 0.1) is 0 Å². The molecule has 0 atom stereocenters.